The zero-order valence-electron chi connectivity index (χ0n) is 10.1. The third kappa shape index (κ3) is 1.72. The zero-order valence-corrected chi connectivity index (χ0v) is 10.1. The first-order valence-electron chi connectivity index (χ1n) is 5.67. The number of hydrogen-bond acceptors (Lipinski definition) is 4. The molecule has 2 aromatic carbocycles. The van der Waals surface area contributed by atoms with Crippen molar-refractivity contribution in [2.75, 3.05) is 7.11 Å². The van der Waals surface area contributed by atoms with Crippen molar-refractivity contribution in [1.82, 2.24) is 0 Å². The Morgan fingerprint density at radius 2 is 1.95 bits per heavy atom. The first-order valence-corrected chi connectivity index (χ1v) is 5.67. The minimum atomic E-state index is -0.613. The van der Waals surface area contributed by atoms with Crippen LogP contribution in [-0.4, -0.2) is 7.11 Å². The molecule has 19 heavy (non-hydrogen) atoms. The molecule has 0 unspecified atom stereocenters. The Morgan fingerprint density at radius 1 is 1.16 bits per heavy atom. The Balaban J connectivity index is 2.44. The van der Waals surface area contributed by atoms with E-state index >= 15 is 0 Å². The molecule has 0 saturated heterocycles. The average molecular weight is 251 g/mol. The molecule has 1 aromatic heterocycles. The minimum absolute atomic E-state index is 0.0142. The normalized spacial score (nSPS) is 10.5. The lowest BCUT2D eigenvalue weighted by atomic mass is 10.1. The molecule has 4 nitrogen and oxygen atoms in total. The molecule has 0 aliphatic heterocycles. The lowest BCUT2D eigenvalue weighted by Crippen LogP contribution is -2.03. The molecule has 0 atom stereocenters. The number of nitriles is 1. The molecule has 0 bridgehead atoms. The van der Waals surface area contributed by atoms with Gasteiger partial charge in [-0.1, -0.05) is 12.1 Å². The van der Waals surface area contributed by atoms with Crippen molar-refractivity contribution in [3.63, 3.8) is 0 Å². The summed E-state index contributed by atoms with van der Waals surface area (Å²) < 4.78 is 10.4. The van der Waals surface area contributed by atoms with Gasteiger partial charge in [0.05, 0.1) is 7.11 Å². The van der Waals surface area contributed by atoms with Crippen molar-refractivity contribution >= 4 is 21.7 Å². The van der Waals surface area contributed by atoms with Crippen LogP contribution < -0.4 is 10.4 Å². The maximum Gasteiger partial charge on any atom is 0.354 e. The summed E-state index contributed by atoms with van der Waals surface area (Å²) in [7, 11) is 1.60. The Kier molecular flexibility index (Phi) is 2.46. The second-order valence-corrected chi connectivity index (χ2v) is 4.13. The summed E-state index contributed by atoms with van der Waals surface area (Å²) in [6.07, 6.45) is 0. The number of rotatable bonds is 1. The molecule has 0 fully saturated rings. The van der Waals surface area contributed by atoms with Gasteiger partial charge in [0.2, 0.25) is 0 Å². The van der Waals surface area contributed by atoms with Crippen LogP contribution in [0.5, 0.6) is 5.75 Å². The average Bonchev–Trinajstić information content (AvgIpc) is 2.45. The third-order valence-corrected chi connectivity index (χ3v) is 3.04. The standard InChI is InChI=1S/C15H9NO3/c1-18-12-4-5-13-9(7-12)2-3-10-6-11(8-16)15(17)19-14(10)13/h2-7H,1H3. The van der Waals surface area contributed by atoms with E-state index in [1.165, 1.54) is 0 Å². The number of ether oxygens (including phenoxy) is 1. The topological polar surface area (TPSA) is 63.2 Å². The van der Waals surface area contributed by atoms with Crippen LogP contribution in [-0.2, 0) is 0 Å². The first-order chi connectivity index (χ1) is 9.22. The molecule has 0 saturated carbocycles. The Hall–Kier alpha value is -2.80. The van der Waals surface area contributed by atoms with Gasteiger partial charge in [-0.3, -0.25) is 0 Å². The van der Waals surface area contributed by atoms with Crippen molar-refractivity contribution in [1.29, 1.82) is 5.26 Å². The Bertz CT molecular complexity index is 887. The molecule has 0 amide bonds. The smallest absolute Gasteiger partial charge is 0.354 e. The molecular formula is C15H9NO3. The molecular weight excluding hydrogens is 242 g/mol. The third-order valence-electron chi connectivity index (χ3n) is 3.04. The summed E-state index contributed by atoms with van der Waals surface area (Å²) in [6, 6.07) is 12.6. The summed E-state index contributed by atoms with van der Waals surface area (Å²) in [5.74, 6) is 0.739. The van der Waals surface area contributed by atoms with Crippen LogP contribution >= 0.6 is 0 Å². The van der Waals surface area contributed by atoms with Gasteiger partial charge in [-0.2, -0.15) is 5.26 Å². The number of methoxy groups -OCH3 is 1. The van der Waals surface area contributed by atoms with E-state index in [0.717, 1.165) is 21.9 Å². The summed E-state index contributed by atoms with van der Waals surface area (Å²) >= 11 is 0. The molecule has 0 aliphatic rings. The Morgan fingerprint density at radius 3 is 2.68 bits per heavy atom. The molecule has 3 aromatic rings. The predicted molar refractivity (Wildman–Crippen MR) is 71.3 cm³/mol. The van der Waals surface area contributed by atoms with E-state index in [2.05, 4.69) is 0 Å². The second-order valence-electron chi connectivity index (χ2n) is 4.13. The molecule has 1 heterocycles. The van der Waals surface area contributed by atoms with Crippen LogP contribution in [0.2, 0.25) is 0 Å². The highest BCUT2D eigenvalue weighted by Crippen LogP contribution is 2.27. The molecule has 92 valence electrons. The fourth-order valence-corrected chi connectivity index (χ4v) is 2.09. The van der Waals surface area contributed by atoms with Crippen LogP contribution in [0.25, 0.3) is 21.7 Å². The fourth-order valence-electron chi connectivity index (χ4n) is 2.09. The number of benzene rings is 2. The highest BCUT2D eigenvalue weighted by molar-refractivity contribution is 6.04. The minimum Gasteiger partial charge on any atom is -0.497 e. The van der Waals surface area contributed by atoms with Gasteiger partial charge in [0.15, 0.2) is 0 Å². The highest BCUT2D eigenvalue weighted by atomic mass is 16.5. The van der Waals surface area contributed by atoms with Gasteiger partial charge in [0.1, 0.15) is 23.0 Å². The number of nitrogens with zero attached hydrogens (tertiary/aromatic N) is 1. The summed E-state index contributed by atoms with van der Waals surface area (Å²) in [4.78, 5) is 11.6. The maximum absolute atomic E-state index is 11.6. The summed E-state index contributed by atoms with van der Waals surface area (Å²) in [5, 5.41) is 11.3. The zero-order chi connectivity index (χ0) is 13.4. The molecule has 0 spiro atoms. The van der Waals surface area contributed by atoms with E-state index in [9.17, 15) is 4.79 Å². The SMILES string of the molecule is COc1ccc2c(ccc3cc(C#N)c(=O)oc32)c1. The van der Waals surface area contributed by atoms with E-state index in [4.69, 9.17) is 14.4 Å². The van der Waals surface area contributed by atoms with Crippen molar-refractivity contribution in [2.24, 2.45) is 0 Å². The number of hydrogen-bond donors (Lipinski definition) is 0. The van der Waals surface area contributed by atoms with Crippen molar-refractivity contribution in [3.8, 4) is 11.8 Å². The monoisotopic (exact) mass is 251 g/mol. The maximum atomic E-state index is 11.6. The van der Waals surface area contributed by atoms with Crippen LogP contribution in [0.4, 0.5) is 0 Å². The van der Waals surface area contributed by atoms with Crippen LogP contribution in [0.15, 0.2) is 45.6 Å². The lowest BCUT2D eigenvalue weighted by molar-refractivity contribution is 0.415. The largest absolute Gasteiger partial charge is 0.497 e. The highest BCUT2D eigenvalue weighted by Gasteiger charge is 2.08. The molecule has 0 radical (unpaired) electrons. The van der Waals surface area contributed by atoms with Gasteiger partial charge < -0.3 is 9.15 Å². The van der Waals surface area contributed by atoms with Gasteiger partial charge in [0.25, 0.3) is 0 Å². The van der Waals surface area contributed by atoms with Gasteiger partial charge >= 0.3 is 5.63 Å². The predicted octanol–water partition coefficient (Wildman–Crippen LogP) is 2.83. The quantitative estimate of drug-likeness (QED) is 0.492. The van der Waals surface area contributed by atoms with Crippen molar-refractivity contribution in [3.05, 3.63) is 52.4 Å². The molecule has 3 rings (SSSR count). The van der Waals surface area contributed by atoms with Gasteiger partial charge in [-0.05, 0) is 29.7 Å². The van der Waals surface area contributed by atoms with E-state index in [1.807, 2.05) is 30.3 Å². The first kappa shape index (κ1) is 11.3. The number of fused-ring (bicyclic) bond motifs is 3. The van der Waals surface area contributed by atoms with Crippen LogP contribution in [0.3, 0.4) is 0 Å². The van der Waals surface area contributed by atoms with Crippen LogP contribution in [0.1, 0.15) is 5.56 Å². The molecule has 4 heteroatoms. The van der Waals surface area contributed by atoms with Gasteiger partial charge in [-0.15, -0.1) is 0 Å². The van der Waals surface area contributed by atoms with E-state index < -0.39 is 5.63 Å². The van der Waals surface area contributed by atoms with Gasteiger partial charge in [0, 0.05) is 10.8 Å². The second kappa shape index (κ2) is 4.14. The lowest BCUT2D eigenvalue weighted by Gasteiger charge is -2.05. The summed E-state index contributed by atoms with van der Waals surface area (Å²) in [6.45, 7) is 0. The van der Waals surface area contributed by atoms with Crippen LogP contribution in [0, 0.1) is 11.3 Å². The van der Waals surface area contributed by atoms with Crippen molar-refractivity contribution < 1.29 is 9.15 Å². The molecule has 0 N–H and O–H groups in total. The Labute approximate surface area is 108 Å². The fraction of sp³-hybridized carbons (Fsp3) is 0.0667. The van der Waals surface area contributed by atoms with E-state index in [-0.39, 0.29) is 5.56 Å². The van der Waals surface area contributed by atoms with E-state index in [0.29, 0.717) is 5.58 Å². The van der Waals surface area contributed by atoms with E-state index in [1.54, 1.807) is 19.2 Å². The van der Waals surface area contributed by atoms with Crippen molar-refractivity contribution in [2.45, 2.75) is 0 Å². The molecule has 0 aliphatic carbocycles. The summed E-state index contributed by atoms with van der Waals surface area (Å²) in [5.41, 5.74) is -0.108. The van der Waals surface area contributed by atoms with Gasteiger partial charge in [-0.25, -0.2) is 4.79 Å².